The lowest BCUT2D eigenvalue weighted by atomic mass is 10.3. The number of rotatable bonds is 9. The van der Waals surface area contributed by atoms with Crippen molar-refractivity contribution in [2.24, 2.45) is 12.0 Å². The topological polar surface area (TPSA) is 80.0 Å². The molecule has 0 aliphatic heterocycles. The number of guanidine groups is 1. The molecule has 0 aliphatic rings. The van der Waals surface area contributed by atoms with E-state index in [1.807, 2.05) is 24.7 Å². The third-order valence-corrected chi connectivity index (χ3v) is 6.52. The van der Waals surface area contributed by atoms with Crippen molar-refractivity contribution in [3.05, 3.63) is 50.1 Å². The molecule has 0 amide bonds. The summed E-state index contributed by atoms with van der Waals surface area (Å²) >= 11 is 3.56. The Morgan fingerprint density at radius 2 is 2.00 bits per heavy atom. The standard InChI is InChI=1S/C19H27N7S2/c1-4-15-12-22-18(28-15)8-10-21-19(20-9-7-16-6-5-11-27-16)23-13-17-25-24-14(2)26(17)3/h5-6,11-12H,4,7-10,13H2,1-3H3,(H2,20,21,23). The van der Waals surface area contributed by atoms with E-state index in [1.54, 1.807) is 22.7 Å². The molecule has 28 heavy (non-hydrogen) atoms. The Balaban J connectivity index is 1.55. The summed E-state index contributed by atoms with van der Waals surface area (Å²) in [7, 11) is 1.96. The lowest BCUT2D eigenvalue weighted by molar-refractivity contribution is 0.745. The number of hydrogen-bond donors (Lipinski definition) is 2. The second kappa shape index (κ2) is 10.3. The van der Waals surface area contributed by atoms with Gasteiger partial charge in [0.05, 0.1) is 5.01 Å². The van der Waals surface area contributed by atoms with E-state index in [0.29, 0.717) is 6.54 Å². The van der Waals surface area contributed by atoms with Crippen LogP contribution in [0.2, 0.25) is 0 Å². The van der Waals surface area contributed by atoms with Crippen molar-refractivity contribution in [1.82, 2.24) is 30.4 Å². The summed E-state index contributed by atoms with van der Waals surface area (Å²) in [5.41, 5.74) is 0. The van der Waals surface area contributed by atoms with E-state index in [-0.39, 0.29) is 0 Å². The number of thiazole rings is 1. The molecule has 0 radical (unpaired) electrons. The molecule has 0 bridgehead atoms. The molecule has 2 N–H and O–H groups in total. The van der Waals surface area contributed by atoms with E-state index >= 15 is 0 Å². The van der Waals surface area contributed by atoms with Gasteiger partial charge in [-0.15, -0.1) is 32.9 Å². The number of thiophene rings is 1. The number of nitrogens with zero attached hydrogens (tertiary/aromatic N) is 5. The maximum Gasteiger partial charge on any atom is 0.191 e. The van der Waals surface area contributed by atoms with E-state index in [0.717, 1.165) is 55.0 Å². The summed E-state index contributed by atoms with van der Waals surface area (Å²) in [5.74, 6) is 2.54. The Hall–Kier alpha value is -2.26. The average Bonchev–Trinajstić information content (AvgIpc) is 3.43. The smallest absolute Gasteiger partial charge is 0.191 e. The predicted octanol–water partition coefficient (Wildman–Crippen LogP) is 2.72. The molecule has 3 heterocycles. The summed E-state index contributed by atoms with van der Waals surface area (Å²) in [6, 6.07) is 4.24. The van der Waals surface area contributed by atoms with Crippen molar-refractivity contribution in [3.63, 3.8) is 0 Å². The Bertz CT molecular complexity index is 880. The van der Waals surface area contributed by atoms with Crippen molar-refractivity contribution < 1.29 is 0 Å². The molecule has 9 heteroatoms. The molecular weight excluding hydrogens is 390 g/mol. The third-order valence-electron chi connectivity index (χ3n) is 4.39. The van der Waals surface area contributed by atoms with Crippen molar-refractivity contribution in [1.29, 1.82) is 0 Å². The van der Waals surface area contributed by atoms with Crippen LogP contribution in [-0.4, -0.2) is 38.8 Å². The minimum atomic E-state index is 0.489. The second-order valence-corrected chi connectivity index (χ2v) is 8.63. The average molecular weight is 418 g/mol. The van der Waals surface area contributed by atoms with Gasteiger partial charge in [-0.3, -0.25) is 0 Å². The van der Waals surface area contributed by atoms with Crippen molar-refractivity contribution in [3.8, 4) is 0 Å². The molecule has 0 atom stereocenters. The van der Waals surface area contributed by atoms with Crippen molar-refractivity contribution in [2.75, 3.05) is 13.1 Å². The Morgan fingerprint density at radius 1 is 1.18 bits per heavy atom. The van der Waals surface area contributed by atoms with E-state index in [1.165, 1.54) is 9.75 Å². The van der Waals surface area contributed by atoms with E-state index in [9.17, 15) is 0 Å². The fourth-order valence-corrected chi connectivity index (χ4v) is 4.16. The molecule has 3 aromatic heterocycles. The van der Waals surface area contributed by atoms with Crippen LogP contribution in [0.25, 0.3) is 0 Å². The summed E-state index contributed by atoms with van der Waals surface area (Å²) < 4.78 is 1.97. The molecule has 0 unspecified atom stereocenters. The van der Waals surface area contributed by atoms with E-state index in [2.05, 4.69) is 50.3 Å². The molecule has 3 rings (SSSR count). The second-order valence-electron chi connectivity index (χ2n) is 6.39. The fourth-order valence-electron chi connectivity index (χ4n) is 2.59. The van der Waals surface area contributed by atoms with Gasteiger partial charge in [-0.1, -0.05) is 13.0 Å². The SMILES string of the molecule is CCc1cnc(CCNC(=NCc2nnc(C)n2C)NCCc2cccs2)s1. The van der Waals surface area contributed by atoms with Gasteiger partial charge < -0.3 is 15.2 Å². The lowest BCUT2D eigenvalue weighted by Crippen LogP contribution is -2.39. The summed E-state index contributed by atoms with van der Waals surface area (Å²) in [4.78, 5) is 11.9. The van der Waals surface area contributed by atoms with Gasteiger partial charge in [-0.2, -0.15) is 0 Å². The minimum absolute atomic E-state index is 0.489. The van der Waals surface area contributed by atoms with Crippen molar-refractivity contribution >= 4 is 28.6 Å². The zero-order chi connectivity index (χ0) is 19.8. The summed E-state index contributed by atoms with van der Waals surface area (Å²) in [6.07, 6.45) is 4.89. The van der Waals surface area contributed by atoms with Gasteiger partial charge in [-0.05, 0) is 31.2 Å². The molecule has 150 valence electrons. The highest BCUT2D eigenvalue weighted by molar-refractivity contribution is 7.11. The monoisotopic (exact) mass is 417 g/mol. The molecule has 0 aliphatic carbocycles. The van der Waals surface area contributed by atoms with Gasteiger partial charge in [0, 0.05) is 42.5 Å². The Kier molecular flexibility index (Phi) is 7.55. The third kappa shape index (κ3) is 5.87. The van der Waals surface area contributed by atoms with Gasteiger partial charge in [-0.25, -0.2) is 9.98 Å². The van der Waals surface area contributed by atoms with Gasteiger partial charge in [0.1, 0.15) is 12.4 Å². The Labute approximate surface area is 174 Å². The van der Waals surface area contributed by atoms with Gasteiger partial charge in [0.15, 0.2) is 11.8 Å². The largest absolute Gasteiger partial charge is 0.356 e. The van der Waals surface area contributed by atoms with Gasteiger partial charge in [0.25, 0.3) is 0 Å². The number of aromatic nitrogens is 4. The van der Waals surface area contributed by atoms with Crippen LogP contribution in [0.5, 0.6) is 0 Å². The van der Waals surface area contributed by atoms with Crippen LogP contribution in [0.3, 0.4) is 0 Å². The summed E-state index contributed by atoms with van der Waals surface area (Å²) in [5, 5.41) is 18.4. The lowest BCUT2D eigenvalue weighted by Gasteiger charge is -2.12. The fraction of sp³-hybridized carbons (Fsp3) is 0.474. The van der Waals surface area contributed by atoms with Crippen LogP contribution in [0.4, 0.5) is 0 Å². The molecule has 3 aromatic rings. The maximum atomic E-state index is 4.70. The first kappa shape index (κ1) is 20.5. The van der Waals surface area contributed by atoms with Crippen LogP contribution in [-0.2, 0) is 32.9 Å². The van der Waals surface area contributed by atoms with Gasteiger partial charge in [0.2, 0.25) is 0 Å². The first-order chi connectivity index (χ1) is 13.7. The number of aliphatic imine (C=N–C) groups is 1. The predicted molar refractivity (Wildman–Crippen MR) is 116 cm³/mol. The van der Waals surface area contributed by atoms with Gasteiger partial charge >= 0.3 is 0 Å². The molecule has 0 saturated carbocycles. The highest BCUT2D eigenvalue weighted by Gasteiger charge is 2.06. The zero-order valence-electron chi connectivity index (χ0n) is 16.6. The van der Waals surface area contributed by atoms with E-state index < -0.39 is 0 Å². The highest BCUT2D eigenvalue weighted by Crippen LogP contribution is 2.13. The minimum Gasteiger partial charge on any atom is -0.356 e. The van der Waals surface area contributed by atoms with Crippen molar-refractivity contribution in [2.45, 2.75) is 39.7 Å². The molecule has 0 fully saturated rings. The van der Waals surface area contributed by atoms with E-state index in [4.69, 9.17) is 4.99 Å². The zero-order valence-corrected chi connectivity index (χ0v) is 18.2. The first-order valence-corrected chi connectivity index (χ1v) is 11.2. The van der Waals surface area contributed by atoms with Crippen LogP contribution in [0.15, 0.2) is 28.7 Å². The normalized spacial score (nSPS) is 11.8. The molecule has 7 nitrogen and oxygen atoms in total. The maximum absolute atomic E-state index is 4.70. The molecular formula is C19H27N7S2. The van der Waals surface area contributed by atoms with Crippen LogP contribution >= 0.6 is 22.7 Å². The van der Waals surface area contributed by atoms with Crippen LogP contribution in [0.1, 0.15) is 33.3 Å². The quantitative estimate of drug-likeness (QED) is 0.413. The Morgan fingerprint density at radius 3 is 2.64 bits per heavy atom. The number of nitrogens with one attached hydrogen (secondary N) is 2. The molecule has 0 aromatic carbocycles. The molecule has 0 saturated heterocycles. The number of aryl methyl sites for hydroxylation is 2. The highest BCUT2D eigenvalue weighted by atomic mass is 32.1. The summed E-state index contributed by atoms with van der Waals surface area (Å²) in [6.45, 7) is 6.22. The molecule has 0 spiro atoms. The first-order valence-electron chi connectivity index (χ1n) is 9.48. The number of hydrogen-bond acceptors (Lipinski definition) is 6. The van der Waals surface area contributed by atoms with Crippen LogP contribution < -0.4 is 10.6 Å². The van der Waals surface area contributed by atoms with Crippen LogP contribution in [0, 0.1) is 6.92 Å².